The smallest absolute Gasteiger partial charge is 0.257 e. The van der Waals surface area contributed by atoms with E-state index in [1.807, 2.05) is 20.8 Å². The van der Waals surface area contributed by atoms with Gasteiger partial charge in [0.15, 0.2) is 5.78 Å². The number of Topliss-reactive ketones (excluding diaryl/α,β-unsaturated/α-hetero) is 1. The van der Waals surface area contributed by atoms with Crippen LogP contribution in [0.25, 0.3) is 0 Å². The third kappa shape index (κ3) is 7.55. The highest BCUT2D eigenvalue weighted by molar-refractivity contribution is 6.34. The van der Waals surface area contributed by atoms with Crippen molar-refractivity contribution in [3.8, 4) is 5.75 Å². The van der Waals surface area contributed by atoms with Gasteiger partial charge in [-0.15, -0.1) is 0 Å². The molecule has 0 aromatic heterocycles. The number of carbonyl (C=O) groups is 3. The second-order valence-electron chi connectivity index (χ2n) is 9.69. The first-order valence-corrected chi connectivity index (χ1v) is 12.8. The van der Waals surface area contributed by atoms with Crippen LogP contribution in [0, 0.1) is 11.2 Å². The summed E-state index contributed by atoms with van der Waals surface area (Å²) in [5.74, 6) is -1.10. The summed E-state index contributed by atoms with van der Waals surface area (Å²) in [5, 5.41) is 5.78. The van der Waals surface area contributed by atoms with Crippen LogP contribution in [0.1, 0.15) is 59.5 Å². The van der Waals surface area contributed by atoms with Crippen molar-refractivity contribution in [1.29, 1.82) is 0 Å². The van der Waals surface area contributed by atoms with Gasteiger partial charge in [0.05, 0.1) is 27.8 Å². The number of benzene rings is 3. The molecule has 3 aromatic carbocycles. The van der Waals surface area contributed by atoms with E-state index in [1.165, 1.54) is 24.3 Å². The summed E-state index contributed by atoms with van der Waals surface area (Å²) in [4.78, 5) is 38.4. The van der Waals surface area contributed by atoms with Gasteiger partial charge in [-0.25, -0.2) is 4.39 Å². The number of hydrogen-bond donors (Lipinski definition) is 2. The average molecular weight is 559 g/mol. The van der Waals surface area contributed by atoms with E-state index >= 15 is 0 Å². The van der Waals surface area contributed by atoms with Crippen LogP contribution in [-0.2, 0) is 17.8 Å². The number of carbonyl (C=O) groups excluding carboxylic acids is 3. The topological polar surface area (TPSA) is 84.5 Å². The zero-order chi connectivity index (χ0) is 28.0. The van der Waals surface area contributed by atoms with Crippen LogP contribution in [0.5, 0.6) is 5.75 Å². The lowest BCUT2D eigenvalue weighted by Gasteiger charge is -2.18. The van der Waals surface area contributed by atoms with Crippen molar-refractivity contribution in [2.75, 3.05) is 11.9 Å². The molecule has 0 heterocycles. The third-order valence-corrected chi connectivity index (χ3v) is 6.22. The molecular formula is C29H29Cl2FN2O4. The molecular weight excluding hydrogens is 530 g/mol. The Morgan fingerprint density at radius 3 is 2.26 bits per heavy atom. The van der Waals surface area contributed by atoms with E-state index in [1.54, 1.807) is 37.3 Å². The molecule has 2 N–H and O–H groups in total. The Balaban J connectivity index is 1.81. The van der Waals surface area contributed by atoms with E-state index in [0.717, 1.165) is 0 Å². The fraction of sp³-hybridized carbons (Fsp3) is 0.276. The summed E-state index contributed by atoms with van der Waals surface area (Å²) in [6.07, 6.45) is -0.0361. The SMILES string of the molecule is CCOc1ccc(NC(=O)c2cc(CNC(=O)C(C)(C)C)ccc2Cl)cc1C(=O)Cc1ccc(F)c(Cl)c1. The second kappa shape index (κ2) is 12.4. The van der Waals surface area contributed by atoms with Crippen molar-refractivity contribution in [1.82, 2.24) is 5.32 Å². The summed E-state index contributed by atoms with van der Waals surface area (Å²) in [6, 6.07) is 13.8. The maximum absolute atomic E-state index is 13.5. The Labute approximate surface area is 231 Å². The fourth-order valence-electron chi connectivity index (χ4n) is 3.54. The van der Waals surface area contributed by atoms with E-state index in [2.05, 4.69) is 10.6 Å². The Kier molecular flexibility index (Phi) is 9.52. The van der Waals surface area contributed by atoms with Gasteiger partial charge in [-0.1, -0.05) is 56.1 Å². The van der Waals surface area contributed by atoms with Gasteiger partial charge in [-0.05, 0) is 60.5 Å². The van der Waals surface area contributed by atoms with Gasteiger partial charge in [0.1, 0.15) is 11.6 Å². The molecule has 0 fully saturated rings. The zero-order valence-corrected chi connectivity index (χ0v) is 23.1. The van der Waals surface area contributed by atoms with E-state index in [-0.39, 0.29) is 45.8 Å². The standard InChI is InChI=1S/C29H29Cl2FN2O4/c1-5-38-26-11-8-19(15-21(26)25(35)14-17-7-10-24(32)23(31)13-17)34-27(36)20-12-18(6-9-22(20)30)16-33-28(37)29(2,3)4/h6-13,15H,5,14,16H2,1-4H3,(H,33,37)(H,34,36). The summed E-state index contributed by atoms with van der Waals surface area (Å²) in [5.41, 5.74) is 1.55. The van der Waals surface area contributed by atoms with E-state index in [0.29, 0.717) is 29.2 Å². The van der Waals surface area contributed by atoms with Crippen LogP contribution in [0.4, 0.5) is 10.1 Å². The van der Waals surface area contributed by atoms with Gasteiger partial charge in [-0.3, -0.25) is 14.4 Å². The van der Waals surface area contributed by atoms with Crippen molar-refractivity contribution in [2.24, 2.45) is 5.41 Å². The van der Waals surface area contributed by atoms with Crippen molar-refractivity contribution in [2.45, 2.75) is 40.7 Å². The number of hydrogen-bond acceptors (Lipinski definition) is 4. The van der Waals surface area contributed by atoms with Crippen LogP contribution in [0.2, 0.25) is 10.0 Å². The van der Waals surface area contributed by atoms with Gasteiger partial charge in [0.2, 0.25) is 5.91 Å². The Hall–Kier alpha value is -3.42. The zero-order valence-electron chi connectivity index (χ0n) is 21.6. The lowest BCUT2D eigenvalue weighted by Crippen LogP contribution is -2.34. The molecule has 0 saturated carbocycles. The minimum atomic E-state index is -0.568. The Bertz CT molecular complexity index is 1370. The van der Waals surface area contributed by atoms with E-state index < -0.39 is 17.1 Å². The van der Waals surface area contributed by atoms with Gasteiger partial charge >= 0.3 is 0 Å². The minimum absolute atomic E-state index is 0.0361. The molecule has 3 aromatic rings. The van der Waals surface area contributed by atoms with Gasteiger partial charge in [0, 0.05) is 24.1 Å². The average Bonchev–Trinajstić information content (AvgIpc) is 2.85. The molecule has 3 rings (SSSR count). The highest BCUT2D eigenvalue weighted by Crippen LogP contribution is 2.27. The predicted octanol–water partition coefficient (Wildman–Crippen LogP) is 6.87. The Morgan fingerprint density at radius 1 is 0.895 bits per heavy atom. The van der Waals surface area contributed by atoms with E-state index in [4.69, 9.17) is 27.9 Å². The molecule has 38 heavy (non-hydrogen) atoms. The molecule has 0 radical (unpaired) electrons. The fourth-order valence-corrected chi connectivity index (χ4v) is 3.95. The van der Waals surface area contributed by atoms with Crippen molar-refractivity contribution >= 4 is 46.5 Å². The molecule has 0 aliphatic carbocycles. The first-order valence-electron chi connectivity index (χ1n) is 12.0. The highest BCUT2D eigenvalue weighted by atomic mass is 35.5. The molecule has 2 amide bonds. The van der Waals surface area contributed by atoms with Crippen molar-refractivity contribution in [3.05, 3.63) is 92.7 Å². The molecule has 0 saturated heterocycles. The lowest BCUT2D eigenvalue weighted by atomic mass is 9.95. The third-order valence-electron chi connectivity index (χ3n) is 5.60. The summed E-state index contributed by atoms with van der Waals surface area (Å²) in [6.45, 7) is 7.81. The first kappa shape index (κ1) is 29.1. The molecule has 9 heteroatoms. The largest absolute Gasteiger partial charge is 0.493 e. The van der Waals surface area contributed by atoms with Crippen LogP contribution in [0.3, 0.4) is 0 Å². The molecule has 0 atom stereocenters. The van der Waals surface area contributed by atoms with Gasteiger partial charge in [-0.2, -0.15) is 0 Å². The highest BCUT2D eigenvalue weighted by Gasteiger charge is 2.21. The molecule has 0 bridgehead atoms. The van der Waals surface area contributed by atoms with Gasteiger partial charge < -0.3 is 15.4 Å². The van der Waals surface area contributed by atoms with Crippen LogP contribution < -0.4 is 15.4 Å². The number of ketones is 1. The Morgan fingerprint density at radius 2 is 1.61 bits per heavy atom. The number of halogens is 3. The van der Waals surface area contributed by atoms with E-state index in [9.17, 15) is 18.8 Å². The maximum Gasteiger partial charge on any atom is 0.257 e. The summed E-state index contributed by atoms with van der Waals surface area (Å²) >= 11 is 12.1. The molecule has 0 unspecified atom stereocenters. The molecule has 200 valence electrons. The second-order valence-corrected chi connectivity index (χ2v) is 10.5. The monoisotopic (exact) mass is 558 g/mol. The normalized spacial score (nSPS) is 11.1. The predicted molar refractivity (Wildman–Crippen MR) is 148 cm³/mol. The van der Waals surface area contributed by atoms with Crippen molar-refractivity contribution < 1.29 is 23.5 Å². The van der Waals surface area contributed by atoms with Gasteiger partial charge in [0.25, 0.3) is 5.91 Å². The quantitative estimate of drug-likeness (QED) is 0.280. The molecule has 0 aliphatic rings. The minimum Gasteiger partial charge on any atom is -0.493 e. The summed E-state index contributed by atoms with van der Waals surface area (Å²) < 4.78 is 19.1. The molecule has 0 aliphatic heterocycles. The number of rotatable bonds is 9. The number of ether oxygens (including phenoxy) is 1. The summed E-state index contributed by atoms with van der Waals surface area (Å²) in [7, 11) is 0. The number of anilines is 1. The lowest BCUT2D eigenvalue weighted by molar-refractivity contribution is -0.128. The van der Waals surface area contributed by atoms with Crippen LogP contribution in [0.15, 0.2) is 54.6 Å². The van der Waals surface area contributed by atoms with Crippen LogP contribution >= 0.6 is 23.2 Å². The number of nitrogens with one attached hydrogen (secondary N) is 2. The van der Waals surface area contributed by atoms with Crippen molar-refractivity contribution in [3.63, 3.8) is 0 Å². The first-order chi connectivity index (χ1) is 17.9. The molecule has 0 spiro atoms. The maximum atomic E-state index is 13.5. The molecule has 6 nitrogen and oxygen atoms in total. The van der Waals surface area contributed by atoms with Crippen LogP contribution in [-0.4, -0.2) is 24.2 Å². The number of amides is 2.